The molecule has 0 heterocycles. The SMILES string of the molecule is COCCN(c1ccc(N)c(N)c1)C(C)C. The summed E-state index contributed by atoms with van der Waals surface area (Å²) in [4.78, 5) is 2.24. The number of nitrogen functional groups attached to an aromatic ring is 2. The zero-order valence-electron chi connectivity index (χ0n) is 10.2. The van der Waals surface area contributed by atoms with Crippen LogP contribution in [0.4, 0.5) is 17.1 Å². The number of rotatable bonds is 5. The molecule has 0 bridgehead atoms. The van der Waals surface area contributed by atoms with Crippen molar-refractivity contribution in [2.24, 2.45) is 0 Å². The van der Waals surface area contributed by atoms with Crippen molar-refractivity contribution in [2.75, 3.05) is 36.6 Å². The summed E-state index contributed by atoms with van der Waals surface area (Å²) in [5.74, 6) is 0. The summed E-state index contributed by atoms with van der Waals surface area (Å²) in [6.45, 7) is 5.82. The van der Waals surface area contributed by atoms with Gasteiger partial charge in [-0.05, 0) is 32.0 Å². The Balaban J connectivity index is 2.88. The topological polar surface area (TPSA) is 64.5 Å². The lowest BCUT2D eigenvalue weighted by Gasteiger charge is -2.29. The van der Waals surface area contributed by atoms with Crippen LogP contribution in [-0.4, -0.2) is 26.3 Å². The van der Waals surface area contributed by atoms with Crippen LogP contribution in [0.2, 0.25) is 0 Å². The summed E-state index contributed by atoms with van der Waals surface area (Å²) in [6.07, 6.45) is 0. The highest BCUT2D eigenvalue weighted by Gasteiger charge is 2.10. The number of ether oxygens (including phenoxy) is 1. The molecular formula is C12H21N3O. The van der Waals surface area contributed by atoms with Gasteiger partial charge in [-0.1, -0.05) is 0 Å². The molecule has 0 fully saturated rings. The lowest BCUT2D eigenvalue weighted by atomic mass is 10.2. The Kier molecular flexibility index (Phi) is 4.43. The Labute approximate surface area is 97.2 Å². The van der Waals surface area contributed by atoms with E-state index in [1.54, 1.807) is 7.11 Å². The highest BCUT2D eigenvalue weighted by atomic mass is 16.5. The Bertz CT molecular complexity index is 339. The number of nitrogens with two attached hydrogens (primary N) is 2. The van der Waals surface area contributed by atoms with Crippen LogP contribution < -0.4 is 16.4 Å². The molecule has 4 nitrogen and oxygen atoms in total. The molecule has 0 amide bonds. The van der Waals surface area contributed by atoms with Gasteiger partial charge in [0.15, 0.2) is 0 Å². The van der Waals surface area contributed by atoms with Gasteiger partial charge in [-0.15, -0.1) is 0 Å². The highest BCUT2D eigenvalue weighted by Crippen LogP contribution is 2.24. The second-order valence-electron chi connectivity index (χ2n) is 4.09. The Morgan fingerprint density at radius 3 is 2.44 bits per heavy atom. The Morgan fingerprint density at radius 2 is 1.94 bits per heavy atom. The van der Waals surface area contributed by atoms with Gasteiger partial charge in [0.25, 0.3) is 0 Å². The van der Waals surface area contributed by atoms with Gasteiger partial charge >= 0.3 is 0 Å². The average Bonchev–Trinajstić information content (AvgIpc) is 2.23. The van der Waals surface area contributed by atoms with Gasteiger partial charge in [-0.25, -0.2) is 0 Å². The zero-order valence-corrected chi connectivity index (χ0v) is 10.2. The van der Waals surface area contributed by atoms with Crippen LogP contribution in [0.25, 0.3) is 0 Å². The van der Waals surface area contributed by atoms with Crippen LogP contribution in [-0.2, 0) is 4.74 Å². The molecule has 0 aliphatic carbocycles. The maximum Gasteiger partial charge on any atom is 0.0637 e. The second kappa shape index (κ2) is 5.61. The fraction of sp³-hybridized carbons (Fsp3) is 0.500. The second-order valence-corrected chi connectivity index (χ2v) is 4.09. The molecule has 0 saturated carbocycles. The molecule has 0 unspecified atom stereocenters. The van der Waals surface area contributed by atoms with Gasteiger partial charge in [0.05, 0.1) is 18.0 Å². The maximum absolute atomic E-state index is 5.80. The summed E-state index contributed by atoms with van der Waals surface area (Å²) in [6, 6.07) is 6.14. The molecular weight excluding hydrogens is 202 g/mol. The van der Waals surface area contributed by atoms with Crippen LogP contribution in [0.5, 0.6) is 0 Å². The standard InChI is InChI=1S/C12H21N3O/c1-9(2)15(6-7-16-3)10-4-5-11(13)12(14)8-10/h4-5,8-9H,6-7,13-14H2,1-3H3. The molecule has 4 heteroatoms. The maximum atomic E-state index is 5.80. The number of methoxy groups -OCH3 is 1. The summed E-state index contributed by atoms with van der Waals surface area (Å²) >= 11 is 0. The molecule has 1 rings (SSSR count). The van der Waals surface area contributed by atoms with Crippen molar-refractivity contribution in [3.63, 3.8) is 0 Å². The quantitative estimate of drug-likeness (QED) is 0.746. The monoisotopic (exact) mass is 223 g/mol. The number of hydrogen-bond donors (Lipinski definition) is 2. The van der Waals surface area contributed by atoms with Crippen molar-refractivity contribution in [1.29, 1.82) is 0 Å². The summed E-state index contributed by atoms with van der Waals surface area (Å²) in [5, 5.41) is 0. The third kappa shape index (κ3) is 3.03. The van der Waals surface area contributed by atoms with Crippen molar-refractivity contribution in [3.05, 3.63) is 18.2 Å². The first-order valence-electron chi connectivity index (χ1n) is 5.47. The molecule has 1 aromatic rings. The largest absolute Gasteiger partial charge is 0.397 e. The first-order valence-corrected chi connectivity index (χ1v) is 5.47. The fourth-order valence-corrected chi connectivity index (χ4v) is 1.62. The minimum absolute atomic E-state index is 0.401. The van der Waals surface area contributed by atoms with Crippen molar-refractivity contribution < 1.29 is 4.74 Å². The third-order valence-electron chi connectivity index (χ3n) is 2.56. The van der Waals surface area contributed by atoms with Crippen molar-refractivity contribution in [2.45, 2.75) is 19.9 Å². The number of anilines is 3. The van der Waals surface area contributed by atoms with Crippen molar-refractivity contribution in [1.82, 2.24) is 0 Å². The molecule has 0 saturated heterocycles. The van der Waals surface area contributed by atoms with Crippen LogP contribution in [0.3, 0.4) is 0 Å². The molecule has 4 N–H and O–H groups in total. The van der Waals surface area contributed by atoms with Crippen LogP contribution >= 0.6 is 0 Å². The Hall–Kier alpha value is -1.42. The normalized spacial score (nSPS) is 10.8. The van der Waals surface area contributed by atoms with Crippen molar-refractivity contribution in [3.8, 4) is 0 Å². The third-order valence-corrected chi connectivity index (χ3v) is 2.56. The minimum atomic E-state index is 0.401. The van der Waals surface area contributed by atoms with Gasteiger partial charge in [0.1, 0.15) is 0 Å². The molecule has 16 heavy (non-hydrogen) atoms. The van der Waals surface area contributed by atoms with E-state index in [0.29, 0.717) is 24.0 Å². The molecule has 0 aliphatic heterocycles. The molecule has 1 aromatic carbocycles. The fourth-order valence-electron chi connectivity index (χ4n) is 1.62. The summed E-state index contributed by atoms with van der Waals surface area (Å²) in [7, 11) is 1.70. The number of benzene rings is 1. The first-order chi connectivity index (χ1) is 7.56. The van der Waals surface area contributed by atoms with E-state index in [-0.39, 0.29) is 0 Å². The first kappa shape index (κ1) is 12.6. The van der Waals surface area contributed by atoms with Gasteiger partial charge < -0.3 is 21.1 Å². The van der Waals surface area contributed by atoms with E-state index in [1.807, 2.05) is 18.2 Å². The van der Waals surface area contributed by atoms with E-state index in [0.717, 1.165) is 12.2 Å². The van der Waals surface area contributed by atoms with E-state index >= 15 is 0 Å². The van der Waals surface area contributed by atoms with E-state index in [2.05, 4.69) is 18.7 Å². The van der Waals surface area contributed by atoms with E-state index in [1.165, 1.54) is 0 Å². The van der Waals surface area contributed by atoms with Gasteiger partial charge in [-0.3, -0.25) is 0 Å². The summed E-state index contributed by atoms with van der Waals surface area (Å²) < 4.78 is 5.10. The van der Waals surface area contributed by atoms with Crippen LogP contribution in [0.1, 0.15) is 13.8 Å². The van der Waals surface area contributed by atoms with E-state index in [4.69, 9.17) is 16.2 Å². The van der Waals surface area contributed by atoms with Gasteiger partial charge in [-0.2, -0.15) is 0 Å². The Morgan fingerprint density at radius 1 is 1.25 bits per heavy atom. The predicted octanol–water partition coefficient (Wildman–Crippen LogP) is 1.71. The molecule has 0 spiro atoms. The molecule has 0 aliphatic rings. The molecule has 0 aromatic heterocycles. The predicted molar refractivity (Wildman–Crippen MR) is 69.6 cm³/mol. The smallest absolute Gasteiger partial charge is 0.0637 e. The lowest BCUT2D eigenvalue weighted by Crippen LogP contribution is -2.33. The number of hydrogen-bond acceptors (Lipinski definition) is 4. The average molecular weight is 223 g/mol. The molecule has 0 atom stereocenters. The zero-order chi connectivity index (χ0) is 12.1. The van der Waals surface area contributed by atoms with Crippen LogP contribution in [0, 0.1) is 0 Å². The van der Waals surface area contributed by atoms with E-state index in [9.17, 15) is 0 Å². The number of nitrogens with zero attached hydrogens (tertiary/aromatic N) is 1. The van der Waals surface area contributed by atoms with Crippen LogP contribution in [0.15, 0.2) is 18.2 Å². The van der Waals surface area contributed by atoms with Gasteiger partial charge in [0.2, 0.25) is 0 Å². The summed E-state index contributed by atoms with van der Waals surface area (Å²) in [5.41, 5.74) is 13.8. The molecule has 0 radical (unpaired) electrons. The van der Waals surface area contributed by atoms with Gasteiger partial charge in [0, 0.05) is 25.4 Å². The lowest BCUT2D eigenvalue weighted by molar-refractivity contribution is 0.204. The van der Waals surface area contributed by atoms with E-state index < -0.39 is 0 Å². The minimum Gasteiger partial charge on any atom is -0.397 e. The molecule has 90 valence electrons. The van der Waals surface area contributed by atoms with Crippen molar-refractivity contribution >= 4 is 17.1 Å². The highest BCUT2D eigenvalue weighted by molar-refractivity contribution is 5.70.